The first-order valence-corrected chi connectivity index (χ1v) is 9.91. The zero-order valence-electron chi connectivity index (χ0n) is 16.7. The van der Waals surface area contributed by atoms with Gasteiger partial charge in [0.15, 0.2) is 5.96 Å². The van der Waals surface area contributed by atoms with Crippen LogP contribution in [0.5, 0.6) is 0 Å². The summed E-state index contributed by atoms with van der Waals surface area (Å²) in [5.74, 6) is 1.62. The molecule has 29 heavy (non-hydrogen) atoms. The lowest BCUT2D eigenvalue weighted by Gasteiger charge is -2.39. The second-order valence-corrected chi connectivity index (χ2v) is 7.30. The van der Waals surface area contributed by atoms with Crippen molar-refractivity contribution >= 4 is 29.9 Å². The lowest BCUT2D eigenvalue weighted by Crippen LogP contribution is -2.57. The lowest BCUT2D eigenvalue weighted by atomic mass is 10.2. The molecule has 2 fully saturated rings. The summed E-state index contributed by atoms with van der Waals surface area (Å²) in [4.78, 5) is 8.22. The van der Waals surface area contributed by atoms with Crippen LogP contribution in [-0.2, 0) is 11.2 Å². The number of piperazine rings is 1. The van der Waals surface area contributed by atoms with Crippen LogP contribution in [0.2, 0.25) is 0 Å². The second kappa shape index (κ2) is 11.4. The fourth-order valence-electron chi connectivity index (χ4n) is 3.52. The average molecular weight is 530 g/mol. The molecule has 1 aromatic rings. The van der Waals surface area contributed by atoms with Gasteiger partial charge in [-0.1, -0.05) is 0 Å². The molecule has 0 aliphatic carbocycles. The molecule has 2 unspecified atom stereocenters. The number of halogens is 4. The minimum Gasteiger partial charge on any atom is -0.469 e. The summed E-state index contributed by atoms with van der Waals surface area (Å²) in [6, 6.07) is 2.35. The molecule has 0 amide bonds. The summed E-state index contributed by atoms with van der Waals surface area (Å²) < 4.78 is 49.9. The van der Waals surface area contributed by atoms with Gasteiger partial charge in [-0.15, -0.1) is 24.0 Å². The van der Waals surface area contributed by atoms with Gasteiger partial charge in [-0.25, -0.2) is 0 Å². The monoisotopic (exact) mass is 530 g/mol. The third-order valence-corrected chi connectivity index (χ3v) is 5.34. The van der Waals surface area contributed by atoms with E-state index in [9.17, 15) is 13.2 Å². The molecule has 3 heterocycles. The van der Waals surface area contributed by atoms with Crippen LogP contribution in [0.1, 0.15) is 25.5 Å². The molecule has 1 aromatic heterocycles. The molecule has 166 valence electrons. The Hall–Kier alpha value is -1.01. The quantitative estimate of drug-likeness (QED) is 0.348. The molecule has 0 aromatic carbocycles. The van der Waals surface area contributed by atoms with Crippen LogP contribution in [-0.4, -0.2) is 80.0 Å². The number of nitrogens with zero attached hydrogens (tertiary/aromatic N) is 3. The van der Waals surface area contributed by atoms with Crippen molar-refractivity contribution in [2.75, 3.05) is 45.9 Å². The van der Waals surface area contributed by atoms with Crippen LogP contribution < -0.4 is 5.32 Å². The van der Waals surface area contributed by atoms with E-state index in [0.717, 1.165) is 37.6 Å². The third kappa shape index (κ3) is 7.32. The van der Waals surface area contributed by atoms with Crippen molar-refractivity contribution in [1.29, 1.82) is 0 Å². The van der Waals surface area contributed by atoms with Gasteiger partial charge < -0.3 is 19.4 Å². The van der Waals surface area contributed by atoms with Crippen molar-refractivity contribution in [2.45, 2.75) is 44.5 Å². The maximum absolute atomic E-state index is 13.0. The first-order chi connectivity index (χ1) is 13.4. The summed E-state index contributed by atoms with van der Waals surface area (Å²) in [5.41, 5.74) is 0. The molecule has 2 saturated heterocycles. The zero-order chi connectivity index (χ0) is 20.0. The SMILES string of the molecule is CC(N1CCN(C(=NCC2CCCO2)NCCc2ccco2)CC1)C(F)(F)F.I. The van der Waals surface area contributed by atoms with E-state index in [1.165, 1.54) is 11.8 Å². The van der Waals surface area contributed by atoms with E-state index in [4.69, 9.17) is 14.1 Å². The van der Waals surface area contributed by atoms with E-state index in [0.29, 0.717) is 39.3 Å². The highest BCUT2D eigenvalue weighted by Gasteiger charge is 2.41. The number of rotatable bonds is 6. The fourth-order valence-corrected chi connectivity index (χ4v) is 3.52. The Morgan fingerprint density at radius 2 is 2.07 bits per heavy atom. The van der Waals surface area contributed by atoms with Gasteiger partial charge in [-0.3, -0.25) is 9.89 Å². The number of nitrogens with one attached hydrogen (secondary N) is 1. The highest BCUT2D eigenvalue weighted by atomic mass is 127. The molecule has 3 rings (SSSR count). The molecule has 1 N–H and O–H groups in total. The Kier molecular flexibility index (Phi) is 9.54. The van der Waals surface area contributed by atoms with Crippen molar-refractivity contribution < 1.29 is 22.3 Å². The summed E-state index contributed by atoms with van der Waals surface area (Å²) in [7, 11) is 0. The Morgan fingerprint density at radius 1 is 1.31 bits per heavy atom. The van der Waals surface area contributed by atoms with Crippen LogP contribution in [0, 0.1) is 0 Å². The van der Waals surface area contributed by atoms with Crippen molar-refractivity contribution in [3.8, 4) is 0 Å². The first kappa shape index (κ1) is 24.3. The summed E-state index contributed by atoms with van der Waals surface area (Å²) in [6.07, 6.45) is 0.351. The summed E-state index contributed by atoms with van der Waals surface area (Å²) in [5, 5.41) is 3.35. The van der Waals surface area contributed by atoms with Gasteiger partial charge in [0, 0.05) is 45.8 Å². The van der Waals surface area contributed by atoms with Crippen LogP contribution in [0.4, 0.5) is 13.2 Å². The van der Waals surface area contributed by atoms with Crippen molar-refractivity contribution in [2.24, 2.45) is 4.99 Å². The van der Waals surface area contributed by atoms with E-state index in [2.05, 4.69) is 5.32 Å². The van der Waals surface area contributed by atoms with E-state index in [-0.39, 0.29) is 30.1 Å². The summed E-state index contributed by atoms with van der Waals surface area (Å²) in [6.45, 7) is 4.97. The van der Waals surface area contributed by atoms with Crippen LogP contribution in [0.15, 0.2) is 27.8 Å². The number of aliphatic imine (C=N–C) groups is 1. The minimum absolute atomic E-state index is 0. The van der Waals surface area contributed by atoms with E-state index < -0.39 is 12.2 Å². The number of ether oxygens (including phenoxy) is 1. The molecule has 6 nitrogen and oxygen atoms in total. The van der Waals surface area contributed by atoms with Gasteiger partial charge in [-0.2, -0.15) is 13.2 Å². The molecule has 2 aliphatic rings. The van der Waals surface area contributed by atoms with Crippen LogP contribution >= 0.6 is 24.0 Å². The maximum atomic E-state index is 13.0. The third-order valence-electron chi connectivity index (χ3n) is 5.34. The van der Waals surface area contributed by atoms with Crippen molar-refractivity contribution in [3.05, 3.63) is 24.2 Å². The number of alkyl halides is 3. The number of guanidine groups is 1. The standard InChI is InChI=1S/C19H29F3N4O2.HI/c1-15(19(20,21)22)25-8-10-26(11-9-25)18(24-14-17-5-3-13-28-17)23-7-6-16-4-2-12-27-16;/h2,4,12,15,17H,3,5-11,13-14H2,1H3,(H,23,24);1H. The number of furan rings is 1. The van der Waals surface area contributed by atoms with Gasteiger partial charge in [0.2, 0.25) is 0 Å². The molecule has 2 atom stereocenters. The first-order valence-electron chi connectivity index (χ1n) is 9.91. The van der Waals surface area contributed by atoms with Gasteiger partial charge in [-0.05, 0) is 31.9 Å². The fraction of sp³-hybridized carbons (Fsp3) is 0.737. The van der Waals surface area contributed by atoms with Crippen LogP contribution in [0.3, 0.4) is 0 Å². The van der Waals surface area contributed by atoms with Crippen molar-refractivity contribution in [3.63, 3.8) is 0 Å². The summed E-state index contributed by atoms with van der Waals surface area (Å²) >= 11 is 0. The predicted molar refractivity (Wildman–Crippen MR) is 116 cm³/mol. The highest BCUT2D eigenvalue weighted by Crippen LogP contribution is 2.25. The highest BCUT2D eigenvalue weighted by molar-refractivity contribution is 14.0. The molecule has 0 saturated carbocycles. The number of hydrogen-bond acceptors (Lipinski definition) is 4. The molecular formula is C19H30F3IN4O2. The lowest BCUT2D eigenvalue weighted by molar-refractivity contribution is -0.181. The normalized spacial score (nSPS) is 22.4. The Labute approximate surface area is 186 Å². The molecular weight excluding hydrogens is 500 g/mol. The Bertz CT molecular complexity index is 613. The molecule has 10 heteroatoms. The predicted octanol–water partition coefficient (Wildman–Crippen LogP) is 3.13. The minimum atomic E-state index is -4.19. The van der Waals surface area contributed by atoms with Gasteiger partial charge in [0.1, 0.15) is 11.8 Å². The smallest absolute Gasteiger partial charge is 0.403 e. The molecule has 0 radical (unpaired) electrons. The Balaban J connectivity index is 0.00000300. The van der Waals surface area contributed by atoms with E-state index >= 15 is 0 Å². The van der Waals surface area contributed by atoms with Gasteiger partial charge in [0.05, 0.1) is 18.9 Å². The average Bonchev–Trinajstić information content (AvgIpc) is 3.37. The van der Waals surface area contributed by atoms with E-state index in [1.54, 1.807) is 6.26 Å². The molecule has 2 aliphatic heterocycles. The Morgan fingerprint density at radius 3 is 2.66 bits per heavy atom. The van der Waals surface area contributed by atoms with Crippen molar-refractivity contribution in [1.82, 2.24) is 15.1 Å². The molecule has 0 bridgehead atoms. The van der Waals surface area contributed by atoms with Crippen LogP contribution in [0.25, 0.3) is 0 Å². The maximum Gasteiger partial charge on any atom is 0.403 e. The molecule has 0 spiro atoms. The largest absolute Gasteiger partial charge is 0.469 e. The van der Waals surface area contributed by atoms with Gasteiger partial charge in [0.25, 0.3) is 0 Å². The second-order valence-electron chi connectivity index (χ2n) is 7.30. The topological polar surface area (TPSA) is 53.2 Å². The van der Waals surface area contributed by atoms with E-state index in [1.807, 2.05) is 17.0 Å². The number of hydrogen-bond donors (Lipinski definition) is 1. The van der Waals surface area contributed by atoms with Gasteiger partial charge >= 0.3 is 6.18 Å². The zero-order valence-corrected chi connectivity index (χ0v) is 19.0.